The van der Waals surface area contributed by atoms with Crippen LogP contribution in [0.3, 0.4) is 0 Å². The number of nitrogens with zero attached hydrogens (tertiary/aromatic N) is 1. The smallest absolute Gasteiger partial charge is 0.245 e. The minimum atomic E-state index is -0.131. The highest BCUT2D eigenvalue weighted by Crippen LogP contribution is 2.26. The molecule has 4 nitrogen and oxygen atoms in total. The number of anilines is 2. The fourth-order valence-electron chi connectivity index (χ4n) is 2.72. The predicted molar refractivity (Wildman–Crippen MR) is 114 cm³/mol. The van der Waals surface area contributed by atoms with Gasteiger partial charge in [-0.15, -0.1) is 11.3 Å². The molecule has 0 aliphatic heterocycles. The largest absolute Gasteiger partial charge is 0.376 e. The van der Waals surface area contributed by atoms with Gasteiger partial charge in [0.1, 0.15) is 0 Å². The standard InChI is InChI=1S/C20H19Cl2N3OS/c1-12-4-3-5-13(2)19(12)23-11-18(26)25-20-24-10-15(27-20)8-14-6-7-16(21)17(22)9-14/h3-7,9-10,23H,8,11H2,1-2H3,(H,24,25,26). The molecule has 0 spiro atoms. The van der Waals surface area contributed by atoms with E-state index in [0.717, 1.165) is 27.3 Å². The molecular weight excluding hydrogens is 401 g/mol. The molecule has 0 atom stereocenters. The Bertz CT molecular complexity index is 951. The summed E-state index contributed by atoms with van der Waals surface area (Å²) in [6.45, 7) is 4.22. The number of hydrogen-bond donors (Lipinski definition) is 2. The lowest BCUT2D eigenvalue weighted by atomic mass is 10.1. The molecule has 2 N–H and O–H groups in total. The maximum Gasteiger partial charge on any atom is 0.245 e. The van der Waals surface area contributed by atoms with Crippen molar-refractivity contribution in [3.8, 4) is 0 Å². The second kappa shape index (κ2) is 8.74. The third-order valence-electron chi connectivity index (χ3n) is 4.07. The molecule has 140 valence electrons. The van der Waals surface area contributed by atoms with Gasteiger partial charge in [-0.1, -0.05) is 47.5 Å². The highest BCUT2D eigenvalue weighted by atomic mass is 35.5. The zero-order valence-electron chi connectivity index (χ0n) is 15.0. The predicted octanol–water partition coefficient (Wildman–Crippen LogP) is 5.71. The van der Waals surface area contributed by atoms with Gasteiger partial charge in [-0.3, -0.25) is 4.79 Å². The molecule has 27 heavy (non-hydrogen) atoms. The molecule has 0 unspecified atom stereocenters. The van der Waals surface area contributed by atoms with E-state index in [0.29, 0.717) is 21.6 Å². The van der Waals surface area contributed by atoms with E-state index in [-0.39, 0.29) is 12.5 Å². The van der Waals surface area contributed by atoms with Crippen molar-refractivity contribution in [2.45, 2.75) is 20.3 Å². The van der Waals surface area contributed by atoms with E-state index in [1.165, 1.54) is 11.3 Å². The number of aryl methyl sites for hydroxylation is 2. The van der Waals surface area contributed by atoms with Gasteiger partial charge >= 0.3 is 0 Å². The molecule has 1 heterocycles. The van der Waals surface area contributed by atoms with Crippen LogP contribution in [0.5, 0.6) is 0 Å². The van der Waals surface area contributed by atoms with E-state index in [4.69, 9.17) is 23.2 Å². The summed E-state index contributed by atoms with van der Waals surface area (Å²) in [4.78, 5) is 17.5. The van der Waals surface area contributed by atoms with Crippen LogP contribution < -0.4 is 10.6 Å². The first-order valence-electron chi connectivity index (χ1n) is 8.41. The molecule has 1 aromatic heterocycles. The minimum Gasteiger partial charge on any atom is -0.376 e. The molecule has 0 bridgehead atoms. The Hall–Kier alpha value is -2.08. The Labute approximate surface area is 172 Å². The maximum atomic E-state index is 12.2. The Morgan fingerprint density at radius 2 is 1.85 bits per heavy atom. The average molecular weight is 420 g/mol. The molecule has 0 saturated carbocycles. The molecule has 0 radical (unpaired) electrons. The van der Waals surface area contributed by atoms with Crippen molar-refractivity contribution < 1.29 is 4.79 Å². The normalized spacial score (nSPS) is 10.7. The highest BCUT2D eigenvalue weighted by molar-refractivity contribution is 7.15. The fourth-order valence-corrected chi connectivity index (χ4v) is 3.91. The molecule has 0 saturated heterocycles. The van der Waals surface area contributed by atoms with Crippen LogP contribution in [0.15, 0.2) is 42.6 Å². The summed E-state index contributed by atoms with van der Waals surface area (Å²) in [6.07, 6.45) is 2.45. The van der Waals surface area contributed by atoms with Crippen molar-refractivity contribution in [3.05, 3.63) is 74.2 Å². The summed E-state index contributed by atoms with van der Waals surface area (Å²) in [7, 11) is 0. The number of carbonyl (C=O) groups excluding carboxylic acids is 1. The summed E-state index contributed by atoms with van der Waals surface area (Å²) < 4.78 is 0. The molecule has 0 aliphatic rings. The van der Waals surface area contributed by atoms with Crippen LogP contribution in [0.4, 0.5) is 10.8 Å². The number of halogens is 2. The van der Waals surface area contributed by atoms with Gasteiger partial charge in [-0.25, -0.2) is 4.98 Å². The third-order valence-corrected chi connectivity index (χ3v) is 5.72. The second-order valence-corrected chi connectivity index (χ2v) is 8.16. The molecule has 0 aliphatic carbocycles. The van der Waals surface area contributed by atoms with E-state index >= 15 is 0 Å². The molecule has 2 aromatic carbocycles. The lowest BCUT2D eigenvalue weighted by Gasteiger charge is -2.11. The van der Waals surface area contributed by atoms with Crippen molar-refractivity contribution in [1.29, 1.82) is 0 Å². The van der Waals surface area contributed by atoms with Crippen LogP contribution in [0.25, 0.3) is 0 Å². The van der Waals surface area contributed by atoms with Crippen molar-refractivity contribution in [2.75, 3.05) is 17.2 Å². The summed E-state index contributed by atoms with van der Waals surface area (Å²) >= 11 is 13.4. The highest BCUT2D eigenvalue weighted by Gasteiger charge is 2.09. The number of nitrogens with one attached hydrogen (secondary N) is 2. The summed E-state index contributed by atoms with van der Waals surface area (Å²) in [5, 5.41) is 7.68. The van der Waals surface area contributed by atoms with Crippen molar-refractivity contribution in [3.63, 3.8) is 0 Å². The molecule has 0 fully saturated rings. The lowest BCUT2D eigenvalue weighted by molar-refractivity contribution is -0.114. The van der Waals surface area contributed by atoms with Crippen molar-refractivity contribution >= 4 is 51.3 Å². The van der Waals surface area contributed by atoms with E-state index < -0.39 is 0 Å². The Kier molecular flexibility index (Phi) is 6.37. The zero-order chi connectivity index (χ0) is 19.4. The van der Waals surface area contributed by atoms with Crippen LogP contribution in [-0.4, -0.2) is 17.4 Å². The SMILES string of the molecule is Cc1cccc(C)c1NCC(=O)Nc1ncc(Cc2ccc(Cl)c(Cl)c2)s1. The number of benzene rings is 2. The summed E-state index contributed by atoms with van der Waals surface area (Å²) in [5.41, 5.74) is 4.26. The van der Waals surface area contributed by atoms with Gasteiger partial charge in [0.25, 0.3) is 0 Å². The fraction of sp³-hybridized carbons (Fsp3) is 0.200. The van der Waals surface area contributed by atoms with Gasteiger partial charge in [-0.2, -0.15) is 0 Å². The number of para-hydroxylation sites is 1. The van der Waals surface area contributed by atoms with Crippen LogP contribution in [0, 0.1) is 13.8 Å². The number of hydrogen-bond acceptors (Lipinski definition) is 4. The first-order chi connectivity index (χ1) is 12.9. The number of aromatic nitrogens is 1. The van der Waals surface area contributed by atoms with E-state index in [1.807, 2.05) is 44.2 Å². The Morgan fingerprint density at radius 3 is 2.56 bits per heavy atom. The average Bonchev–Trinajstić information content (AvgIpc) is 3.04. The van der Waals surface area contributed by atoms with E-state index in [2.05, 4.69) is 15.6 Å². The van der Waals surface area contributed by atoms with Crippen LogP contribution >= 0.6 is 34.5 Å². The van der Waals surface area contributed by atoms with Crippen LogP contribution in [0.2, 0.25) is 10.0 Å². The first-order valence-corrected chi connectivity index (χ1v) is 9.98. The molecular formula is C20H19Cl2N3OS. The van der Waals surface area contributed by atoms with Gasteiger partial charge in [0.2, 0.25) is 5.91 Å². The number of amides is 1. The number of carbonyl (C=O) groups is 1. The quantitative estimate of drug-likeness (QED) is 0.537. The maximum absolute atomic E-state index is 12.2. The minimum absolute atomic E-state index is 0.131. The monoisotopic (exact) mass is 419 g/mol. The van der Waals surface area contributed by atoms with Gasteiger partial charge < -0.3 is 10.6 Å². The first kappa shape index (κ1) is 19.7. The molecule has 3 rings (SSSR count). The molecule has 3 aromatic rings. The van der Waals surface area contributed by atoms with E-state index in [9.17, 15) is 4.79 Å². The van der Waals surface area contributed by atoms with E-state index in [1.54, 1.807) is 12.3 Å². The zero-order valence-corrected chi connectivity index (χ0v) is 17.3. The Morgan fingerprint density at radius 1 is 1.11 bits per heavy atom. The lowest BCUT2D eigenvalue weighted by Crippen LogP contribution is -2.22. The topological polar surface area (TPSA) is 54.0 Å². The second-order valence-electron chi connectivity index (χ2n) is 6.23. The third kappa shape index (κ3) is 5.22. The van der Waals surface area contributed by atoms with Gasteiger partial charge in [0.15, 0.2) is 5.13 Å². The molecule has 1 amide bonds. The molecule has 7 heteroatoms. The summed E-state index contributed by atoms with van der Waals surface area (Å²) in [6, 6.07) is 11.6. The van der Waals surface area contributed by atoms with Gasteiger partial charge in [-0.05, 0) is 42.7 Å². The van der Waals surface area contributed by atoms with Crippen LogP contribution in [-0.2, 0) is 11.2 Å². The Balaban J connectivity index is 1.57. The summed E-state index contributed by atoms with van der Waals surface area (Å²) in [5.74, 6) is -0.131. The van der Waals surface area contributed by atoms with Gasteiger partial charge in [0, 0.05) is 23.2 Å². The van der Waals surface area contributed by atoms with Gasteiger partial charge in [0.05, 0.1) is 16.6 Å². The van der Waals surface area contributed by atoms with Crippen molar-refractivity contribution in [2.24, 2.45) is 0 Å². The number of rotatable bonds is 6. The van der Waals surface area contributed by atoms with Crippen molar-refractivity contribution in [1.82, 2.24) is 4.98 Å². The number of thiazole rings is 1. The van der Waals surface area contributed by atoms with Crippen LogP contribution in [0.1, 0.15) is 21.6 Å².